The molecule has 8 heteroatoms. The van der Waals surface area contributed by atoms with Crippen molar-refractivity contribution in [3.63, 3.8) is 0 Å². The summed E-state index contributed by atoms with van der Waals surface area (Å²) in [5.41, 5.74) is 4.92. The number of nitrogens with one attached hydrogen (secondary N) is 1. The molecule has 0 aliphatic heterocycles. The van der Waals surface area contributed by atoms with Crippen molar-refractivity contribution >= 4 is 17.8 Å². The van der Waals surface area contributed by atoms with Gasteiger partial charge in [-0.3, -0.25) is 14.6 Å². The highest BCUT2D eigenvalue weighted by Crippen LogP contribution is 1.99. The highest BCUT2D eigenvalue weighted by atomic mass is 16.4. The summed E-state index contributed by atoms with van der Waals surface area (Å²) in [5.74, 6) is -2.54. The molecule has 8 nitrogen and oxygen atoms in total. The van der Waals surface area contributed by atoms with E-state index >= 15 is 0 Å². The molecule has 0 fully saturated rings. The molecular weight excluding hydrogens is 240 g/mol. The quantitative estimate of drug-likeness (QED) is 0.589. The number of carboxylic acid groups (broad SMARTS) is 1. The van der Waals surface area contributed by atoms with Gasteiger partial charge in [0.2, 0.25) is 5.91 Å². The Morgan fingerprint density at radius 1 is 1.39 bits per heavy atom. The maximum Gasteiger partial charge on any atom is 0.326 e. The molecule has 0 aliphatic carbocycles. The zero-order valence-electron chi connectivity index (χ0n) is 9.37. The number of aromatic nitrogens is 2. The molecule has 1 rings (SSSR count). The van der Waals surface area contributed by atoms with Crippen LogP contribution in [0.15, 0.2) is 18.6 Å². The van der Waals surface area contributed by atoms with Crippen LogP contribution in [0, 0.1) is 0 Å². The van der Waals surface area contributed by atoms with E-state index in [2.05, 4.69) is 15.3 Å². The summed E-state index contributed by atoms with van der Waals surface area (Å²) in [7, 11) is 0. The van der Waals surface area contributed by atoms with E-state index in [0.29, 0.717) is 0 Å². The summed E-state index contributed by atoms with van der Waals surface area (Å²) in [5, 5.41) is 11.1. The van der Waals surface area contributed by atoms with Crippen LogP contribution in [0.3, 0.4) is 0 Å². The van der Waals surface area contributed by atoms with Crippen LogP contribution in [0.4, 0.5) is 0 Å². The molecule has 1 aromatic heterocycles. The van der Waals surface area contributed by atoms with Crippen LogP contribution in [0.25, 0.3) is 0 Å². The molecule has 0 spiro atoms. The van der Waals surface area contributed by atoms with Gasteiger partial charge in [0.25, 0.3) is 5.91 Å². The first kappa shape index (κ1) is 13.6. The molecule has 0 aromatic carbocycles. The van der Waals surface area contributed by atoms with E-state index in [4.69, 9.17) is 10.8 Å². The number of carbonyl (C=O) groups excluding carboxylic acids is 2. The molecule has 0 radical (unpaired) electrons. The Hall–Kier alpha value is -2.51. The largest absolute Gasteiger partial charge is 0.480 e. The molecule has 1 heterocycles. The molecule has 0 unspecified atom stereocenters. The maximum absolute atomic E-state index is 11.6. The van der Waals surface area contributed by atoms with Gasteiger partial charge in [-0.15, -0.1) is 0 Å². The second kappa shape index (κ2) is 6.28. The van der Waals surface area contributed by atoms with E-state index in [9.17, 15) is 14.4 Å². The van der Waals surface area contributed by atoms with E-state index in [1.165, 1.54) is 18.6 Å². The first-order valence-corrected chi connectivity index (χ1v) is 5.08. The minimum Gasteiger partial charge on any atom is -0.480 e. The predicted molar refractivity (Wildman–Crippen MR) is 59.4 cm³/mol. The van der Waals surface area contributed by atoms with Crippen molar-refractivity contribution in [2.45, 2.75) is 18.9 Å². The number of hydrogen-bond acceptors (Lipinski definition) is 5. The lowest BCUT2D eigenvalue weighted by molar-refractivity contribution is -0.139. The second-order valence-corrected chi connectivity index (χ2v) is 3.46. The number of aliphatic carboxylic acids is 1. The number of carboxylic acids is 1. The fourth-order valence-electron chi connectivity index (χ4n) is 1.19. The average molecular weight is 252 g/mol. The van der Waals surface area contributed by atoms with Crippen molar-refractivity contribution in [2.24, 2.45) is 5.73 Å². The Morgan fingerprint density at radius 2 is 2.11 bits per heavy atom. The van der Waals surface area contributed by atoms with Crippen molar-refractivity contribution in [3.8, 4) is 0 Å². The molecule has 0 saturated carbocycles. The predicted octanol–water partition coefficient (Wildman–Crippen LogP) is -1.07. The maximum atomic E-state index is 11.6. The van der Waals surface area contributed by atoms with Crippen LogP contribution in [-0.2, 0) is 9.59 Å². The molecule has 0 aliphatic rings. The van der Waals surface area contributed by atoms with E-state index in [1.54, 1.807) is 0 Å². The first-order chi connectivity index (χ1) is 8.50. The zero-order valence-corrected chi connectivity index (χ0v) is 9.37. The lowest BCUT2D eigenvalue weighted by Gasteiger charge is -2.12. The number of nitrogens with zero attached hydrogens (tertiary/aromatic N) is 2. The minimum atomic E-state index is -1.24. The van der Waals surface area contributed by atoms with Crippen molar-refractivity contribution in [1.29, 1.82) is 0 Å². The van der Waals surface area contributed by atoms with E-state index in [-0.39, 0.29) is 18.5 Å². The lowest BCUT2D eigenvalue weighted by Crippen LogP contribution is -2.41. The van der Waals surface area contributed by atoms with E-state index in [0.717, 1.165) is 0 Å². The van der Waals surface area contributed by atoms with Gasteiger partial charge in [0.15, 0.2) is 0 Å². The van der Waals surface area contributed by atoms with Crippen molar-refractivity contribution in [2.75, 3.05) is 0 Å². The summed E-state index contributed by atoms with van der Waals surface area (Å²) in [4.78, 5) is 40.5. The number of primary amides is 1. The van der Waals surface area contributed by atoms with Crippen LogP contribution < -0.4 is 11.1 Å². The van der Waals surface area contributed by atoms with Gasteiger partial charge < -0.3 is 16.2 Å². The standard InChI is InChI=1S/C10H12N4O4/c11-8(15)2-1-6(10(17)18)14-9(16)7-5-12-3-4-13-7/h3-6H,1-2H2,(H2,11,15)(H,14,16)(H,17,18)/t6-/m1/s1. The molecule has 18 heavy (non-hydrogen) atoms. The van der Waals surface area contributed by atoms with Crippen molar-refractivity contribution < 1.29 is 19.5 Å². The van der Waals surface area contributed by atoms with Gasteiger partial charge in [-0.2, -0.15) is 0 Å². The monoisotopic (exact) mass is 252 g/mol. The van der Waals surface area contributed by atoms with E-state index < -0.39 is 23.8 Å². The third kappa shape index (κ3) is 4.16. The first-order valence-electron chi connectivity index (χ1n) is 5.08. The molecule has 1 aromatic rings. The van der Waals surface area contributed by atoms with Crippen molar-refractivity contribution in [1.82, 2.24) is 15.3 Å². The summed E-state index contributed by atoms with van der Waals surface area (Å²) in [6, 6.07) is -1.19. The van der Waals surface area contributed by atoms with Gasteiger partial charge in [-0.05, 0) is 6.42 Å². The topological polar surface area (TPSA) is 135 Å². The normalized spacial score (nSPS) is 11.6. The molecule has 1 atom stereocenters. The lowest BCUT2D eigenvalue weighted by atomic mass is 10.1. The Bertz CT molecular complexity index is 448. The molecule has 0 bridgehead atoms. The van der Waals surface area contributed by atoms with Gasteiger partial charge in [0, 0.05) is 18.8 Å². The van der Waals surface area contributed by atoms with Gasteiger partial charge in [-0.25, -0.2) is 9.78 Å². The van der Waals surface area contributed by atoms with Gasteiger partial charge in [0.05, 0.1) is 6.20 Å². The summed E-state index contributed by atoms with van der Waals surface area (Å²) < 4.78 is 0. The average Bonchev–Trinajstić information content (AvgIpc) is 2.34. The van der Waals surface area contributed by atoms with E-state index in [1.807, 2.05) is 0 Å². The molecule has 96 valence electrons. The fraction of sp³-hybridized carbons (Fsp3) is 0.300. The Morgan fingerprint density at radius 3 is 2.61 bits per heavy atom. The number of hydrogen-bond donors (Lipinski definition) is 3. The third-order valence-corrected chi connectivity index (χ3v) is 2.08. The number of nitrogens with two attached hydrogens (primary N) is 1. The third-order valence-electron chi connectivity index (χ3n) is 2.08. The fourth-order valence-corrected chi connectivity index (χ4v) is 1.19. The van der Waals surface area contributed by atoms with Gasteiger partial charge in [-0.1, -0.05) is 0 Å². The van der Waals surface area contributed by atoms with Gasteiger partial charge >= 0.3 is 5.97 Å². The molecule has 4 N–H and O–H groups in total. The Balaban J connectivity index is 2.64. The van der Waals surface area contributed by atoms with Gasteiger partial charge in [0.1, 0.15) is 11.7 Å². The number of amides is 2. The zero-order chi connectivity index (χ0) is 13.5. The highest BCUT2D eigenvalue weighted by molar-refractivity contribution is 5.94. The van der Waals surface area contributed by atoms with Crippen LogP contribution in [0.1, 0.15) is 23.3 Å². The number of rotatable bonds is 6. The molecular formula is C10H12N4O4. The van der Waals surface area contributed by atoms with Crippen molar-refractivity contribution in [3.05, 3.63) is 24.3 Å². The second-order valence-electron chi connectivity index (χ2n) is 3.46. The number of carbonyl (C=O) groups is 3. The van der Waals surface area contributed by atoms with Crippen LogP contribution in [-0.4, -0.2) is 38.9 Å². The SMILES string of the molecule is NC(=O)CC[C@@H](NC(=O)c1cnccn1)C(=O)O. The highest BCUT2D eigenvalue weighted by Gasteiger charge is 2.21. The van der Waals surface area contributed by atoms with Crippen LogP contribution in [0.5, 0.6) is 0 Å². The van der Waals surface area contributed by atoms with Crippen LogP contribution in [0.2, 0.25) is 0 Å². The summed E-state index contributed by atoms with van der Waals surface area (Å²) in [6.07, 6.45) is 3.71. The Kier molecular flexibility index (Phi) is 4.73. The molecule has 2 amide bonds. The molecule has 0 saturated heterocycles. The Labute approximate surface area is 102 Å². The smallest absolute Gasteiger partial charge is 0.326 e. The summed E-state index contributed by atoms with van der Waals surface area (Å²) >= 11 is 0. The summed E-state index contributed by atoms with van der Waals surface area (Å²) in [6.45, 7) is 0. The minimum absolute atomic E-state index is 0.00262. The van der Waals surface area contributed by atoms with Crippen LogP contribution >= 0.6 is 0 Å².